The number of anilines is 1. The second kappa shape index (κ2) is 6.20. The number of nitrogens with one attached hydrogen (secondary N) is 1. The summed E-state index contributed by atoms with van der Waals surface area (Å²) in [5.41, 5.74) is -0.0867. The van der Waals surface area contributed by atoms with Crippen molar-refractivity contribution in [1.29, 1.82) is 0 Å². The SMILES string of the molecule is CCN(CC(=O)O)C(=O)Nc1cc(Cl)ccc1F. The fourth-order valence-electron chi connectivity index (χ4n) is 1.28. The molecule has 0 spiro atoms. The maximum Gasteiger partial charge on any atom is 0.323 e. The van der Waals surface area contributed by atoms with Crippen molar-refractivity contribution >= 4 is 29.3 Å². The number of carboxylic acid groups (broad SMARTS) is 1. The number of hydrogen-bond acceptors (Lipinski definition) is 2. The lowest BCUT2D eigenvalue weighted by Gasteiger charge is -2.19. The predicted octanol–water partition coefficient (Wildman–Crippen LogP) is 2.42. The maximum atomic E-state index is 13.4. The van der Waals surface area contributed by atoms with Crippen LogP contribution in [-0.4, -0.2) is 35.1 Å². The summed E-state index contributed by atoms with van der Waals surface area (Å²) >= 11 is 5.67. The van der Waals surface area contributed by atoms with Crippen LogP contribution in [0.5, 0.6) is 0 Å². The van der Waals surface area contributed by atoms with Gasteiger partial charge in [-0.1, -0.05) is 11.6 Å². The van der Waals surface area contributed by atoms with Crippen LogP contribution in [0.4, 0.5) is 14.9 Å². The lowest BCUT2D eigenvalue weighted by Crippen LogP contribution is -2.38. The van der Waals surface area contributed by atoms with Crippen molar-refractivity contribution in [2.75, 3.05) is 18.4 Å². The van der Waals surface area contributed by atoms with Crippen LogP contribution in [0.15, 0.2) is 18.2 Å². The Balaban J connectivity index is 2.79. The molecule has 1 rings (SSSR count). The number of amides is 2. The summed E-state index contributed by atoms with van der Waals surface area (Å²) in [4.78, 5) is 23.2. The molecule has 5 nitrogen and oxygen atoms in total. The van der Waals surface area contributed by atoms with E-state index in [1.165, 1.54) is 12.1 Å². The van der Waals surface area contributed by atoms with Crippen LogP contribution in [0.3, 0.4) is 0 Å². The molecular weight excluding hydrogens is 263 g/mol. The quantitative estimate of drug-likeness (QED) is 0.886. The standard InChI is InChI=1S/C11H12ClFN2O3/c1-2-15(6-10(16)17)11(18)14-9-5-7(12)3-4-8(9)13/h3-5H,2,6H2,1H3,(H,14,18)(H,16,17). The molecule has 0 saturated carbocycles. The average Bonchev–Trinajstić information content (AvgIpc) is 2.30. The third-order valence-electron chi connectivity index (χ3n) is 2.17. The first-order valence-electron chi connectivity index (χ1n) is 5.16. The van der Waals surface area contributed by atoms with Crippen molar-refractivity contribution < 1.29 is 19.1 Å². The van der Waals surface area contributed by atoms with E-state index in [-0.39, 0.29) is 17.3 Å². The highest BCUT2D eigenvalue weighted by Crippen LogP contribution is 2.19. The van der Waals surface area contributed by atoms with Crippen molar-refractivity contribution in [3.63, 3.8) is 0 Å². The summed E-state index contributed by atoms with van der Waals surface area (Å²) in [6, 6.07) is 3.03. The van der Waals surface area contributed by atoms with Crippen LogP contribution >= 0.6 is 11.6 Å². The Morgan fingerprint density at radius 1 is 1.50 bits per heavy atom. The van der Waals surface area contributed by atoms with Gasteiger partial charge in [0, 0.05) is 11.6 Å². The van der Waals surface area contributed by atoms with E-state index in [1.54, 1.807) is 6.92 Å². The number of likely N-dealkylation sites (N-methyl/N-ethyl adjacent to an activating group) is 1. The lowest BCUT2D eigenvalue weighted by atomic mass is 10.3. The molecule has 0 radical (unpaired) electrons. The Labute approximate surface area is 108 Å². The summed E-state index contributed by atoms with van der Waals surface area (Å²) in [6.45, 7) is 1.36. The Kier molecular flexibility index (Phi) is 4.91. The Hall–Kier alpha value is -1.82. The van der Waals surface area contributed by atoms with Gasteiger partial charge in [0.25, 0.3) is 0 Å². The summed E-state index contributed by atoms with van der Waals surface area (Å²) in [5, 5.41) is 11.2. The summed E-state index contributed by atoms with van der Waals surface area (Å²) in [6.07, 6.45) is 0. The van der Waals surface area contributed by atoms with E-state index < -0.39 is 24.4 Å². The highest BCUT2D eigenvalue weighted by Gasteiger charge is 2.16. The summed E-state index contributed by atoms with van der Waals surface area (Å²) in [5.74, 6) is -1.78. The first kappa shape index (κ1) is 14.2. The molecule has 0 aliphatic heterocycles. The Bertz CT molecular complexity index is 468. The summed E-state index contributed by atoms with van der Waals surface area (Å²) in [7, 11) is 0. The van der Waals surface area contributed by atoms with Crippen molar-refractivity contribution in [3.05, 3.63) is 29.0 Å². The Morgan fingerprint density at radius 2 is 2.17 bits per heavy atom. The van der Waals surface area contributed by atoms with E-state index in [0.29, 0.717) is 0 Å². The molecule has 2 N–H and O–H groups in total. The summed E-state index contributed by atoms with van der Waals surface area (Å²) < 4.78 is 13.4. The number of urea groups is 1. The molecule has 0 atom stereocenters. The molecule has 0 aliphatic rings. The zero-order valence-corrected chi connectivity index (χ0v) is 10.4. The molecular formula is C11H12ClFN2O3. The fourth-order valence-corrected chi connectivity index (χ4v) is 1.45. The van der Waals surface area contributed by atoms with Crippen molar-refractivity contribution in [2.45, 2.75) is 6.92 Å². The van der Waals surface area contributed by atoms with Crippen molar-refractivity contribution in [2.24, 2.45) is 0 Å². The van der Waals surface area contributed by atoms with Gasteiger partial charge in [-0.3, -0.25) is 4.79 Å². The largest absolute Gasteiger partial charge is 0.480 e. The average molecular weight is 275 g/mol. The number of hydrogen-bond donors (Lipinski definition) is 2. The zero-order valence-electron chi connectivity index (χ0n) is 9.61. The predicted molar refractivity (Wildman–Crippen MR) is 65.3 cm³/mol. The number of carboxylic acids is 1. The smallest absolute Gasteiger partial charge is 0.323 e. The molecule has 0 fully saturated rings. The van der Waals surface area contributed by atoms with Gasteiger partial charge in [-0.15, -0.1) is 0 Å². The molecule has 98 valence electrons. The topological polar surface area (TPSA) is 69.6 Å². The van der Waals surface area contributed by atoms with Gasteiger partial charge in [0.2, 0.25) is 0 Å². The third kappa shape index (κ3) is 3.89. The molecule has 0 saturated heterocycles. The molecule has 1 aromatic carbocycles. The van der Waals surface area contributed by atoms with Crippen LogP contribution in [-0.2, 0) is 4.79 Å². The molecule has 2 amide bonds. The lowest BCUT2D eigenvalue weighted by molar-refractivity contribution is -0.137. The minimum atomic E-state index is -1.14. The van der Waals surface area contributed by atoms with Gasteiger partial charge in [-0.2, -0.15) is 0 Å². The molecule has 0 heterocycles. The highest BCUT2D eigenvalue weighted by molar-refractivity contribution is 6.30. The molecule has 0 aromatic heterocycles. The normalized spacial score (nSPS) is 9.94. The number of benzene rings is 1. The van der Waals surface area contributed by atoms with Crippen LogP contribution in [0, 0.1) is 5.82 Å². The van der Waals surface area contributed by atoms with Crippen LogP contribution in [0.1, 0.15) is 6.92 Å². The first-order valence-corrected chi connectivity index (χ1v) is 5.54. The van der Waals surface area contributed by atoms with E-state index in [1.807, 2.05) is 0 Å². The highest BCUT2D eigenvalue weighted by atomic mass is 35.5. The van der Waals surface area contributed by atoms with Gasteiger partial charge in [-0.05, 0) is 25.1 Å². The van der Waals surface area contributed by atoms with Crippen molar-refractivity contribution in [3.8, 4) is 0 Å². The van der Waals surface area contributed by atoms with Gasteiger partial charge in [0.15, 0.2) is 0 Å². The number of rotatable bonds is 4. The maximum absolute atomic E-state index is 13.4. The number of aliphatic carboxylic acids is 1. The van der Waals surface area contributed by atoms with E-state index in [4.69, 9.17) is 16.7 Å². The minimum Gasteiger partial charge on any atom is -0.480 e. The number of carbonyl (C=O) groups is 2. The molecule has 0 unspecified atom stereocenters. The monoisotopic (exact) mass is 274 g/mol. The second-order valence-corrected chi connectivity index (χ2v) is 3.90. The van der Waals surface area contributed by atoms with Crippen molar-refractivity contribution in [1.82, 2.24) is 4.90 Å². The number of nitrogens with zero attached hydrogens (tertiary/aromatic N) is 1. The van der Waals surface area contributed by atoms with Gasteiger partial charge < -0.3 is 15.3 Å². The van der Waals surface area contributed by atoms with Gasteiger partial charge in [0.05, 0.1) is 5.69 Å². The number of halogens is 2. The molecule has 1 aromatic rings. The second-order valence-electron chi connectivity index (χ2n) is 3.46. The van der Waals surface area contributed by atoms with Crippen LogP contribution in [0.2, 0.25) is 5.02 Å². The minimum absolute atomic E-state index is 0.0867. The number of carbonyl (C=O) groups excluding carboxylic acids is 1. The molecule has 18 heavy (non-hydrogen) atoms. The third-order valence-corrected chi connectivity index (χ3v) is 2.40. The van der Waals surface area contributed by atoms with Crippen LogP contribution in [0.25, 0.3) is 0 Å². The van der Waals surface area contributed by atoms with E-state index in [0.717, 1.165) is 11.0 Å². The van der Waals surface area contributed by atoms with Gasteiger partial charge in [-0.25, -0.2) is 9.18 Å². The van der Waals surface area contributed by atoms with Crippen LogP contribution < -0.4 is 5.32 Å². The Morgan fingerprint density at radius 3 is 2.72 bits per heavy atom. The molecule has 7 heteroatoms. The van der Waals surface area contributed by atoms with Gasteiger partial charge in [0.1, 0.15) is 12.4 Å². The zero-order chi connectivity index (χ0) is 13.7. The van der Waals surface area contributed by atoms with Gasteiger partial charge >= 0.3 is 12.0 Å². The fraction of sp³-hybridized carbons (Fsp3) is 0.273. The van der Waals surface area contributed by atoms with E-state index in [9.17, 15) is 14.0 Å². The molecule has 0 bridgehead atoms. The van der Waals surface area contributed by atoms with E-state index in [2.05, 4.69) is 5.32 Å². The first-order chi connectivity index (χ1) is 8.43. The molecule has 0 aliphatic carbocycles. The van der Waals surface area contributed by atoms with E-state index >= 15 is 0 Å².